The van der Waals surface area contributed by atoms with Crippen molar-refractivity contribution in [3.8, 4) is 5.75 Å². The molecular weight excluding hydrogens is 277 g/mol. The number of nitrogens with two attached hydrogens (primary N) is 1. The third-order valence-electron chi connectivity index (χ3n) is 3.60. The van der Waals surface area contributed by atoms with Crippen LogP contribution in [0.5, 0.6) is 5.75 Å². The third kappa shape index (κ3) is 2.39. The molecule has 1 aliphatic heterocycles. The van der Waals surface area contributed by atoms with Crippen molar-refractivity contribution in [3.05, 3.63) is 63.9 Å². The maximum absolute atomic E-state index is 13.9. The highest BCUT2D eigenvalue weighted by atomic mass is 35.5. The van der Waals surface area contributed by atoms with Crippen molar-refractivity contribution in [2.24, 2.45) is 5.73 Å². The SMILES string of the molecule is NC(c1ccc2c(c1)CCCO2)c1c(F)cccc1Cl. The lowest BCUT2D eigenvalue weighted by atomic mass is 9.95. The predicted molar refractivity (Wildman–Crippen MR) is 77.7 cm³/mol. The van der Waals surface area contributed by atoms with Crippen molar-refractivity contribution in [1.29, 1.82) is 0 Å². The van der Waals surface area contributed by atoms with Crippen LogP contribution in [0.4, 0.5) is 4.39 Å². The highest BCUT2D eigenvalue weighted by Gasteiger charge is 2.19. The van der Waals surface area contributed by atoms with E-state index in [1.165, 1.54) is 6.07 Å². The molecule has 1 atom stereocenters. The minimum atomic E-state index is -0.573. The van der Waals surface area contributed by atoms with E-state index in [0.717, 1.165) is 36.3 Å². The zero-order chi connectivity index (χ0) is 14.1. The monoisotopic (exact) mass is 291 g/mol. The molecule has 0 amide bonds. The molecule has 0 saturated heterocycles. The van der Waals surface area contributed by atoms with Gasteiger partial charge >= 0.3 is 0 Å². The first-order chi connectivity index (χ1) is 9.66. The summed E-state index contributed by atoms with van der Waals surface area (Å²) in [5.74, 6) is 0.519. The van der Waals surface area contributed by atoms with Gasteiger partial charge in [0, 0.05) is 10.6 Å². The molecule has 0 saturated carbocycles. The molecule has 4 heteroatoms. The van der Waals surface area contributed by atoms with Crippen LogP contribution in [0.3, 0.4) is 0 Å². The summed E-state index contributed by atoms with van der Waals surface area (Å²) >= 11 is 6.07. The molecule has 0 bridgehead atoms. The van der Waals surface area contributed by atoms with Crippen LogP contribution in [0.2, 0.25) is 5.02 Å². The van der Waals surface area contributed by atoms with E-state index in [0.29, 0.717) is 10.6 Å². The molecule has 2 aromatic carbocycles. The number of aryl methyl sites for hydroxylation is 1. The molecular formula is C16H15ClFNO. The second-order valence-corrected chi connectivity index (χ2v) is 5.34. The lowest BCUT2D eigenvalue weighted by Crippen LogP contribution is -2.16. The molecule has 0 aliphatic carbocycles. The van der Waals surface area contributed by atoms with Crippen LogP contribution < -0.4 is 10.5 Å². The zero-order valence-corrected chi connectivity index (χ0v) is 11.7. The van der Waals surface area contributed by atoms with Crippen molar-refractivity contribution in [3.63, 3.8) is 0 Å². The quantitative estimate of drug-likeness (QED) is 0.912. The van der Waals surface area contributed by atoms with Crippen LogP contribution in [-0.2, 0) is 6.42 Å². The molecule has 1 unspecified atom stereocenters. The van der Waals surface area contributed by atoms with Gasteiger partial charge in [-0.2, -0.15) is 0 Å². The van der Waals surface area contributed by atoms with Crippen LogP contribution in [0.1, 0.15) is 29.2 Å². The van der Waals surface area contributed by atoms with Crippen molar-refractivity contribution < 1.29 is 9.13 Å². The number of hydrogen-bond donors (Lipinski definition) is 1. The Bertz CT molecular complexity index is 624. The Balaban J connectivity index is 2.00. The van der Waals surface area contributed by atoms with Crippen molar-refractivity contribution in [2.45, 2.75) is 18.9 Å². The Hall–Kier alpha value is -1.58. The fraction of sp³-hybridized carbons (Fsp3) is 0.250. The highest BCUT2D eigenvalue weighted by Crippen LogP contribution is 2.32. The van der Waals surface area contributed by atoms with E-state index in [2.05, 4.69) is 0 Å². The van der Waals surface area contributed by atoms with E-state index in [9.17, 15) is 4.39 Å². The summed E-state index contributed by atoms with van der Waals surface area (Å²) in [7, 11) is 0. The first-order valence-electron chi connectivity index (χ1n) is 6.62. The molecule has 3 rings (SSSR count). The minimum Gasteiger partial charge on any atom is -0.493 e. The van der Waals surface area contributed by atoms with E-state index in [1.807, 2.05) is 18.2 Å². The molecule has 1 heterocycles. The molecule has 0 fully saturated rings. The van der Waals surface area contributed by atoms with Crippen LogP contribution in [-0.4, -0.2) is 6.61 Å². The topological polar surface area (TPSA) is 35.2 Å². The van der Waals surface area contributed by atoms with Crippen molar-refractivity contribution in [1.82, 2.24) is 0 Å². The molecule has 20 heavy (non-hydrogen) atoms. The number of hydrogen-bond acceptors (Lipinski definition) is 2. The average molecular weight is 292 g/mol. The van der Waals surface area contributed by atoms with E-state index >= 15 is 0 Å². The van der Waals surface area contributed by atoms with Crippen LogP contribution in [0, 0.1) is 5.82 Å². The molecule has 2 nitrogen and oxygen atoms in total. The number of benzene rings is 2. The lowest BCUT2D eigenvalue weighted by Gasteiger charge is -2.20. The summed E-state index contributed by atoms with van der Waals surface area (Å²) in [5.41, 5.74) is 8.49. The normalized spacial score (nSPS) is 15.3. The summed E-state index contributed by atoms with van der Waals surface area (Å²) in [4.78, 5) is 0. The Morgan fingerprint density at radius 2 is 2.10 bits per heavy atom. The summed E-state index contributed by atoms with van der Waals surface area (Å²) in [6, 6.07) is 9.80. The zero-order valence-electron chi connectivity index (χ0n) is 10.9. The molecule has 2 aromatic rings. The third-order valence-corrected chi connectivity index (χ3v) is 3.93. The van der Waals surface area contributed by atoms with Gasteiger partial charge in [-0.05, 0) is 42.2 Å². The summed E-state index contributed by atoms with van der Waals surface area (Å²) < 4.78 is 19.5. The first-order valence-corrected chi connectivity index (χ1v) is 7.00. The average Bonchev–Trinajstić information content (AvgIpc) is 2.46. The van der Waals surface area contributed by atoms with Gasteiger partial charge in [0.2, 0.25) is 0 Å². The van der Waals surface area contributed by atoms with Gasteiger partial charge in [0.25, 0.3) is 0 Å². The Morgan fingerprint density at radius 3 is 2.90 bits per heavy atom. The largest absolute Gasteiger partial charge is 0.493 e. The molecule has 0 aromatic heterocycles. The van der Waals surface area contributed by atoms with Crippen LogP contribution in [0.15, 0.2) is 36.4 Å². The molecule has 2 N–H and O–H groups in total. The van der Waals surface area contributed by atoms with E-state index in [4.69, 9.17) is 22.1 Å². The minimum absolute atomic E-state index is 0.339. The van der Waals surface area contributed by atoms with Crippen LogP contribution in [0.25, 0.3) is 0 Å². The lowest BCUT2D eigenvalue weighted by molar-refractivity contribution is 0.288. The van der Waals surface area contributed by atoms with Gasteiger partial charge in [0.05, 0.1) is 12.6 Å². The molecule has 0 spiro atoms. The number of rotatable bonds is 2. The van der Waals surface area contributed by atoms with E-state index < -0.39 is 6.04 Å². The van der Waals surface area contributed by atoms with Gasteiger partial charge in [-0.1, -0.05) is 29.8 Å². The van der Waals surface area contributed by atoms with Gasteiger partial charge in [-0.25, -0.2) is 4.39 Å². The number of ether oxygens (including phenoxy) is 1. The van der Waals surface area contributed by atoms with Gasteiger partial charge in [-0.3, -0.25) is 0 Å². The molecule has 1 aliphatic rings. The van der Waals surface area contributed by atoms with Gasteiger partial charge in [0.1, 0.15) is 11.6 Å². The maximum atomic E-state index is 13.9. The fourth-order valence-corrected chi connectivity index (χ4v) is 2.83. The Kier molecular flexibility index (Phi) is 3.64. The molecule has 0 radical (unpaired) electrons. The van der Waals surface area contributed by atoms with Crippen molar-refractivity contribution in [2.75, 3.05) is 6.61 Å². The van der Waals surface area contributed by atoms with E-state index in [-0.39, 0.29) is 5.82 Å². The smallest absolute Gasteiger partial charge is 0.129 e. The Morgan fingerprint density at radius 1 is 1.25 bits per heavy atom. The van der Waals surface area contributed by atoms with Crippen LogP contribution >= 0.6 is 11.6 Å². The van der Waals surface area contributed by atoms with Gasteiger partial charge < -0.3 is 10.5 Å². The van der Waals surface area contributed by atoms with Gasteiger partial charge in [-0.15, -0.1) is 0 Å². The molecule has 104 valence electrons. The van der Waals surface area contributed by atoms with E-state index in [1.54, 1.807) is 12.1 Å². The highest BCUT2D eigenvalue weighted by molar-refractivity contribution is 6.31. The standard InChI is InChI=1S/C16H15ClFNO/c17-12-4-1-5-13(18)15(12)16(19)11-6-7-14-10(9-11)3-2-8-20-14/h1,4-7,9,16H,2-3,8,19H2. The fourth-order valence-electron chi connectivity index (χ4n) is 2.55. The second-order valence-electron chi connectivity index (χ2n) is 4.93. The summed E-state index contributed by atoms with van der Waals surface area (Å²) in [6.45, 7) is 0.748. The number of halogens is 2. The predicted octanol–water partition coefficient (Wildman–Crippen LogP) is 3.85. The maximum Gasteiger partial charge on any atom is 0.129 e. The Labute approximate surface area is 122 Å². The number of fused-ring (bicyclic) bond motifs is 1. The first kappa shape index (κ1) is 13.4. The van der Waals surface area contributed by atoms with Crippen molar-refractivity contribution >= 4 is 11.6 Å². The van der Waals surface area contributed by atoms with Gasteiger partial charge in [0.15, 0.2) is 0 Å². The summed E-state index contributed by atoms with van der Waals surface area (Å²) in [6.07, 6.45) is 1.95. The second kappa shape index (κ2) is 5.43. The summed E-state index contributed by atoms with van der Waals surface area (Å²) in [5, 5.41) is 0.353.